The Bertz CT molecular complexity index is 920. The fraction of sp³-hybridized carbons (Fsp3) is 0.130. The van der Waals surface area contributed by atoms with Crippen LogP contribution in [0.15, 0.2) is 78.9 Å². The lowest BCUT2D eigenvalue weighted by atomic mass is 10.0. The normalized spacial score (nSPS) is 10.2. The van der Waals surface area contributed by atoms with Gasteiger partial charge in [0.15, 0.2) is 6.61 Å². The summed E-state index contributed by atoms with van der Waals surface area (Å²) in [4.78, 5) is 23.8. The van der Waals surface area contributed by atoms with E-state index in [4.69, 9.17) is 4.74 Å². The molecule has 0 unspecified atom stereocenters. The lowest BCUT2D eigenvalue weighted by Crippen LogP contribution is -2.28. The van der Waals surface area contributed by atoms with Crippen molar-refractivity contribution in [1.29, 1.82) is 0 Å². The molecule has 5 nitrogen and oxygen atoms in total. The van der Waals surface area contributed by atoms with E-state index < -0.39 is 0 Å². The molecule has 0 radical (unpaired) electrons. The van der Waals surface area contributed by atoms with E-state index in [-0.39, 0.29) is 18.4 Å². The van der Waals surface area contributed by atoms with Gasteiger partial charge in [0, 0.05) is 17.8 Å². The Balaban J connectivity index is 1.58. The molecule has 5 heteroatoms. The van der Waals surface area contributed by atoms with Gasteiger partial charge in [-0.2, -0.15) is 0 Å². The molecule has 3 aromatic rings. The van der Waals surface area contributed by atoms with Crippen LogP contribution in [0.4, 0.5) is 5.69 Å². The number of hydrogen-bond acceptors (Lipinski definition) is 3. The Labute approximate surface area is 164 Å². The van der Waals surface area contributed by atoms with E-state index in [0.29, 0.717) is 23.5 Å². The van der Waals surface area contributed by atoms with E-state index in [9.17, 15) is 9.59 Å². The predicted molar refractivity (Wildman–Crippen MR) is 110 cm³/mol. The Hall–Kier alpha value is -3.60. The van der Waals surface area contributed by atoms with Crippen LogP contribution in [0.5, 0.6) is 5.75 Å². The van der Waals surface area contributed by atoms with Gasteiger partial charge in [-0.25, -0.2) is 0 Å². The van der Waals surface area contributed by atoms with Crippen molar-refractivity contribution in [2.75, 3.05) is 18.5 Å². The van der Waals surface area contributed by atoms with Gasteiger partial charge in [0.1, 0.15) is 5.75 Å². The molecular formula is C23H22N2O3. The highest BCUT2D eigenvalue weighted by atomic mass is 16.5. The number of carbonyl (C=O) groups is 2. The number of rotatable bonds is 7. The van der Waals surface area contributed by atoms with Crippen LogP contribution in [0.25, 0.3) is 11.1 Å². The van der Waals surface area contributed by atoms with Gasteiger partial charge in [0.2, 0.25) is 0 Å². The Morgan fingerprint density at radius 3 is 2.11 bits per heavy atom. The summed E-state index contributed by atoms with van der Waals surface area (Å²) in [5, 5.41) is 5.52. The molecule has 0 aliphatic heterocycles. The second kappa shape index (κ2) is 9.37. The minimum atomic E-state index is -0.185. The number of anilines is 1. The molecule has 142 valence electrons. The quantitative estimate of drug-likeness (QED) is 0.654. The molecule has 0 atom stereocenters. The van der Waals surface area contributed by atoms with Crippen molar-refractivity contribution in [2.45, 2.75) is 6.92 Å². The summed E-state index contributed by atoms with van der Waals surface area (Å²) >= 11 is 0. The van der Waals surface area contributed by atoms with Crippen molar-refractivity contribution in [3.63, 3.8) is 0 Å². The van der Waals surface area contributed by atoms with Crippen LogP contribution in [-0.2, 0) is 4.79 Å². The average molecular weight is 374 g/mol. The van der Waals surface area contributed by atoms with Crippen LogP contribution >= 0.6 is 0 Å². The van der Waals surface area contributed by atoms with Crippen molar-refractivity contribution >= 4 is 17.5 Å². The maximum Gasteiger partial charge on any atom is 0.257 e. The molecule has 0 aromatic heterocycles. The van der Waals surface area contributed by atoms with Gasteiger partial charge in [-0.3, -0.25) is 9.59 Å². The number of likely N-dealkylation sites (N-methyl/N-ethyl adjacent to an activating group) is 1. The van der Waals surface area contributed by atoms with Crippen molar-refractivity contribution < 1.29 is 14.3 Å². The summed E-state index contributed by atoms with van der Waals surface area (Å²) in [6, 6.07) is 24.4. The number of ether oxygens (including phenoxy) is 1. The van der Waals surface area contributed by atoms with Gasteiger partial charge in [0.25, 0.3) is 11.8 Å². The summed E-state index contributed by atoms with van der Waals surface area (Å²) in [5.74, 6) is 0.214. The second-order valence-corrected chi connectivity index (χ2v) is 6.16. The zero-order valence-electron chi connectivity index (χ0n) is 15.6. The fourth-order valence-corrected chi connectivity index (χ4v) is 2.68. The first-order valence-corrected chi connectivity index (χ1v) is 9.12. The highest BCUT2D eigenvalue weighted by Gasteiger charge is 2.07. The molecule has 0 fully saturated rings. The summed E-state index contributed by atoms with van der Waals surface area (Å²) in [7, 11) is 0. The number of nitrogens with one attached hydrogen (secondary N) is 2. The molecule has 0 aliphatic carbocycles. The van der Waals surface area contributed by atoms with Gasteiger partial charge in [-0.05, 0) is 54.4 Å². The molecule has 0 heterocycles. The monoisotopic (exact) mass is 374 g/mol. The van der Waals surface area contributed by atoms with Crippen LogP contribution in [0, 0.1) is 0 Å². The second-order valence-electron chi connectivity index (χ2n) is 6.16. The highest BCUT2D eigenvalue weighted by molar-refractivity contribution is 6.04. The first-order chi connectivity index (χ1) is 13.7. The maximum absolute atomic E-state index is 12.4. The molecule has 0 aliphatic rings. The molecule has 2 amide bonds. The van der Waals surface area contributed by atoms with Crippen LogP contribution in [0.3, 0.4) is 0 Å². The van der Waals surface area contributed by atoms with Crippen LogP contribution in [0.1, 0.15) is 17.3 Å². The van der Waals surface area contributed by atoms with Gasteiger partial charge in [-0.1, -0.05) is 42.5 Å². The van der Waals surface area contributed by atoms with Gasteiger partial charge in [-0.15, -0.1) is 0 Å². The third-order valence-corrected chi connectivity index (χ3v) is 4.11. The molecule has 28 heavy (non-hydrogen) atoms. The summed E-state index contributed by atoms with van der Waals surface area (Å²) in [6.07, 6.45) is 0. The molecule has 3 aromatic carbocycles. The van der Waals surface area contributed by atoms with Gasteiger partial charge in [0.05, 0.1) is 0 Å². The van der Waals surface area contributed by atoms with Crippen molar-refractivity contribution in [3.05, 3.63) is 84.4 Å². The van der Waals surface area contributed by atoms with Crippen molar-refractivity contribution in [2.24, 2.45) is 0 Å². The first kappa shape index (κ1) is 19.2. The van der Waals surface area contributed by atoms with Crippen LogP contribution < -0.4 is 15.4 Å². The van der Waals surface area contributed by atoms with Crippen LogP contribution in [0.2, 0.25) is 0 Å². The third kappa shape index (κ3) is 5.20. The van der Waals surface area contributed by atoms with Crippen LogP contribution in [-0.4, -0.2) is 25.0 Å². The summed E-state index contributed by atoms with van der Waals surface area (Å²) in [6.45, 7) is 2.39. The van der Waals surface area contributed by atoms with Crippen molar-refractivity contribution in [3.8, 4) is 16.9 Å². The van der Waals surface area contributed by atoms with Gasteiger partial charge >= 0.3 is 0 Å². The summed E-state index contributed by atoms with van der Waals surface area (Å²) < 4.78 is 5.40. The summed E-state index contributed by atoms with van der Waals surface area (Å²) in [5.41, 5.74) is 3.40. The minimum Gasteiger partial charge on any atom is -0.484 e. The van der Waals surface area contributed by atoms with E-state index >= 15 is 0 Å². The Kier molecular flexibility index (Phi) is 6.41. The lowest BCUT2D eigenvalue weighted by molar-refractivity contribution is -0.122. The SMILES string of the molecule is CCNC(=O)COc1ccc(NC(=O)c2ccc(-c3ccccc3)cc2)cc1. The molecule has 3 rings (SSSR count). The molecule has 0 spiro atoms. The Morgan fingerprint density at radius 1 is 0.821 bits per heavy atom. The minimum absolute atomic E-state index is 0.0344. The number of hydrogen-bond donors (Lipinski definition) is 2. The van der Waals surface area contributed by atoms with E-state index in [2.05, 4.69) is 10.6 Å². The average Bonchev–Trinajstić information content (AvgIpc) is 2.74. The molecule has 0 saturated carbocycles. The fourth-order valence-electron chi connectivity index (χ4n) is 2.68. The smallest absolute Gasteiger partial charge is 0.257 e. The van der Waals surface area contributed by atoms with Crippen molar-refractivity contribution in [1.82, 2.24) is 5.32 Å². The first-order valence-electron chi connectivity index (χ1n) is 9.12. The van der Waals surface area contributed by atoms with E-state index in [0.717, 1.165) is 11.1 Å². The van der Waals surface area contributed by atoms with E-state index in [1.807, 2.05) is 61.5 Å². The number of benzene rings is 3. The van der Waals surface area contributed by atoms with Gasteiger partial charge < -0.3 is 15.4 Å². The molecule has 0 saturated heterocycles. The molecule has 0 bridgehead atoms. The predicted octanol–water partition coefficient (Wildman–Crippen LogP) is 4.12. The standard InChI is InChI=1S/C23H22N2O3/c1-2-24-22(26)16-28-21-14-12-20(13-15-21)25-23(27)19-10-8-18(9-11-19)17-6-4-3-5-7-17/h3-15H,2,16H2,1H3,(H,24,26)(H,25,27). The Morgan fingerprint density at radius 2 is 1.46 bits per heavy atom. The highest BCUT2D eigenvalue weighted by Crippen LogP contribution is 2.20. The van der Waals surface area contributed by atoms with E-state index in [1.165, 1.54) is 0 Å². The molecular weight excluding hydrogens is 352 g/mol. The largest absolute Gasteiger partial charge is 0.484 e. The number of carbonyl (C=O) groups excluding carboxylic acids is 2. The maximum atomic E-state index is 12.4. The molecule has 2 N–H and O–H groups in total. The zero-order valence-corrected chi connectivity index (χ0v) is 15.6. The van der Waals surface area contributed by atoms with E-state index in [1.54, 1.807) is 24.3 Å². The topological polar surface area (TPSA) is 67.4 Å². The third-order valence-electron chi connectivity index (χ3n) is 4.11. The zero-order chi connectivity index (χ0) is 19.8. The number of amides is 2. The lowest BCUT2D eigenvalue weighted by Gasteiger charge is -2.09.